The molecule has 2 aromatic carbocycles. The average molecular weight is 326 g/mol. The lowest BCUT2D eigenvalue weighted by Gasteiger charge is -2.10. The first-order valence-electron chi connectivity index (χ1n) is 5.60. The molecule has 0 saturated carbocycles. The van der Waals surface area contributed by atoms with Crippen molar-refractivity contribution in [3.05, 3.63) is 52.3 Å². The molecule has 0 heterocycles. The van der Waals surface area contributed by atoms with Crippen molar-refractivity contribution in [1.29, 1.82) is 0 Å². The Morgan fingerprint density at radius 3 is 2.63 bits per heavy atom. The van der Waals surface area contributed by atoms with Crippen LogP contribution in [0.1, 0.15) is 5.56 Å². The minimum atomic E-state index is -0.288. The predicted molar refractivity (Wildman–Crippen MR) is 75.8 cm³/mol. The van der Waals surface area contributed by atoms with Gasteiger partial charge in [-0.15, -0.1) is 0 Å². The van der Waals surface area contributed by atoms with Crippen LogP contribution in [-0.4, -0.2) is 7.11 Å². The summed E-state index contributed by atoms with van der Waals surface area (Å²) in [6.45, 7) is 0.326. The van der Waals surface area contributed by atoms with E-state index in [9.17, 15) is 4.39 Å². The number of rotatable bonds is 4. The Bertz CT molecular complexity index is 590. The maximum atomic E-state index is 12.9. The summed E-state index contributed by atoms with van der Waals surface area (Å²) >= 11 is 3.29. The molecule has 0 amide bonds. The van der Waals surface area contributed by atoms with Gasteiger partial charge in [-0.25, -0.2) is 4.39 Å². The molecule has 2 rings (SSSR count). The lowest BCUT2D eigenvalue weighted by molar-refractivity contribution is 0.305. The quantitative estimate of drug-likeness (QED) is 0.870. The number of nitrogens with two attached hydrogens (primary N) is 1. The van der Waals surface area contributed by atoms with E-state index in [1.54, 1.807) is 31.4 Å². The van der Waals surface area contributed by atoms with Crippen molar-refractivity contribution < 1.29 is 13.9 Å². The Morgan fingerprint density at radius 1 is 1.21 bits per heavy atom. The molecule has 19 heavy (non-hydrogen) atoms. The number of halogens is 2. The lowest BCUT2D eigenvalue weighted by Crippen LogP contribution is -1.98. The number of ether oxygens (including phenoxy) is 2. The number of hydrogen-bond donors (Lipinski definition) is 1. The maximum absolute atomic E-state index is 12.9. The van der Waals surface area contributed by atoms with Crippen molar-refractivity contribution >= 4 is 21.6 Å². The van der Waals surface area contributed by atoms with Crippen LogP contribution in [0.3, 0.4) is 0 Å². The molecule has 0 saturated heterocycles. The maximum Gasteiger partial charge on any atom is 0.142 e. The molecular weight excluding hydrogens is 313 g/mol. The van der Waals surface area contributed by atoms with Crippen molar-refractivity contribution in [2.45, 2.75) is 6.61 Å². The van der Waals surface area contributed by atoms with Gasteiger partial charge in [0, 0.05) is 16.1 Å². The Labute approximate surface area is 119 Å². The first kappa shape index (κ1) is 13.7. The van der Waals surface area contributed by atoms with Crippen LogP contribution >= 0.6 is 15.9 Å². The van der Waals surface area contributed by atoms with E-state index in [1.807, 2.05) is 0 Å². The van der Waals surface area contributed by atoms with E-state index >= 15 is 0 Å². The number of methoxy groups -OCH3 is 1. The molecule has 0 aromatic heterocycles. The van der Waals surface area contributed by atoms with Gasteiger partial charge in [0.25, 0.3) is 0 Å². The second-order valence-electron chi connectivity index (χ2n) is 3.93. The van der Waals surface area contributed by atoms with E-state index in [0.29, 0.717) is 28.3 Å². The minimum Gasteiger partial charge on any atom is -0.495 e. The van der Waals surface area contributed by atoms with E-state index in [2.05, 4.69) is 15.9 Å². The fraction of sp³-hybridized carbons (Fsp3) is 0.143. The Balaban J connectivity index is 2.08. The molecule has 2 N–H and O–H groups in total. The zero-order valence-corrected chi connectivity index (χ0v) is 11.9. The van der Waals surface area contributed by atoms with Crippen LogP contribution in [0.2, 0.25) is 0 Å². The smallest absolute Gasteiger partial charge is 0.142 e. The Morgan fingerprint density at radius 2 is 2.00 bits per heavy atom. The van der Waals surface area contributed by atoms with Crippen molar-refractivity contribution in [3.8, 4) is 11.5 Å². The molecular formula is C14H13BrFNO2. The zero-order chi connectivity index (χ0) is 13.8. The van der Waals surface area contributed by atoms with Crippen molar-refractivity contribution in [2.75, 3.05) is 12.8 Å². The molecule has 0 atom stereocenters. The fourth-order valence-corrected chi connectivity index (χ4v) is 2.07. The summed E-state index contributed by atoms with van der Waals surface area (Å²) in [5.41, 5.74) is 7.16. The van der Waals surface area contributed by atoms with Crippen molar-refractivity contribution in [2.24, 2.45) is 0 Å². The highest BCUT2D eigenvalue weighted by Crippen LogP contribution is 2.27. The number of benzene rings is 2. The van der Waals surface area contributed by atoms with Crippen LogP contribution < -0.4 is 15.2 Å². The van der Waals surface area contributed by atoms with Gasteiger partial charge in [0.2, 0.25) is 0 Å². The van der Waals surface area contributed by atoms with Gasteiger partial charge in [-0.05, 0) is 24.3 Å². The van der Waals surface area contributed by atoms with Gasteiger partial charge in [-0.3, -0.25) is 0 Å². The normalized spacial score (nSPS) is 10.3. The largest absolute Gasteiger partial charge is 0.495 e. The van der Waals surface area contributed by atoms with Crippen LogP contribution in [0.5, 0.6) is 11.5 Å². The molecule has 0 aliphatic carbocycles. The summed E-state index contributed by atoms with van der Waals surface area (Å²) in [6, 6.07) is 9.67. The van der Waals surface area contributed by atoms with Gasteiger partial charge >= 0.3 is 0 Å². The third-order valence-corrected chi connectivity index (χ3v) is 3.35. The second-order valence-corrected chi connectivity index (χ2v) is 4.78. The fourth-order valence-electron chi connectivity index (χ4n) is 1.60. The van der Waals surface area contributed by atoms with Crippen molar-refractivity contribution in [3.63, 3.8) is 0 Å². The van der Waals surface area contributed by atoms with Gasteiger partial charge in [-0.1, -0.05) is 22.0 Å². The first-order chi connectivity index (χ1) is 9.10. The number of nitrogen functional groups attached to an aromatic ring is 1. The van der Waals surface area contributed by atoms with Gasteiger partial charge in [-0.2, -0.15) is 0 Å². The summed E-state index contributed by atoms with van der Waals surface area (Å²) in [4.78, 5) is 0. The number of anilines is 1. The SMILES string of the molecule is COc1ccc(OCc2ccc(F)cc2Br)cc1N. The van der Waals surface area contributed by atoms with Gasteiger partial charge in [0.05, 0.1) is 12.8 Å². The minimum absolute atomic E-state index is 0.288. The van der Waals surface area contributed by atoms with Gasteiger partial charge < -0.3 is 15.2 Å². The van der Waals surface area contributed by atoms with Crippen LogP contribution in [-0.2, 0) is 6.61 Å². The van der Waals surface area contributed by atoms with E-state index in [0.717, 1.165) is 5.56 Å². The first-order valence-corrected chi connectivity index (χ1v) is 6.39. The molecule has 0 fully saturated rings. The molecule has 5 heteroatoms. The Kier molecular flexibility index (Phi) is 4.27. The standard InChI is InChI=1S/C14H13BrFNO2/c1-18-14-5-4-11(7-13(14)17)19-8-9-2-3-10(16)6-12(9)15/h2-7H,8,17H2,1H3. The molecule has 0 aliphatic heterocycles. The number of hydrogen-bond acceptors (Lipinski definition) is 3. The zero-order valence-electron chi connectivity index (χ0n) is 10.3. The van der Waals surface area contributed by atoms with Crippen LogP contribution in [0.25, 0.3) is 0 Å². The summed E-state index contributed by atoms with van der Waals surface area (Å²) in [6.07, 6.45) is 0. The van der Waals surface area contributed by atoms with E-state index in [1.165, 1.54) is 12.1 Å². The summed E-state index contributed by atoms with van der Waals surface area (Å²) in [5, 5.41) is 0. The molecule has 0 unspecified atom stereocenters. The van der Waals surface area contributed by atoms with Gasteiger partial charge in [0.1, 0.15) is 23.9 Å². The molecule has 0 aliphatic rings. The summed E-state index contributed by atoms with van der Waals surface area (Å²) in [7, 11) is 1.56. The Hall–Kier alpha value is -1.75. The third-order valence-electron chi connectivity index (χ3n) is 2.61. The molecule has 100 valence electrons. The van der Waals surface area contributed by atoms with E-state index in [-0.39, 0.29) is 5.82 Å². The molecule has 3 nitrogen and oxygen atoms in total. The predicted octanol–water partition coefficient (Wildman–Crippen LogP) is 3.76. The molecule has 0 bridgehead atoms. The third kappa shape index (κ3) is 3.38. The van der Waals surface area contributed by atoms with Crippen LogP contribution in [0.15, 0.2) is 40.9 Å². The van der Waals surface area contributed by atoms with Crippen LogP contribution in [0.4, 0.5) is 10.1 Å². The molecule has 2 aromatic rings. The summed E-state index contributed by atoms with van der Waals surface area (Å²) < 4.78 is 24.3. The van der Waals surface area contributed by atoms with E-state index < -0.39 is 0 Å². The molecule has 0 radical (unpaired) electrons. The lowest BCUT2D eigenvalue weighted by atomic mass is 10.2. The highest BCUT2D eigenvalue weighted by molar-refractivity contribution is 9.10. The van der Waals surface area contributed by atoms with Crippen LogP contribution in [0, 0.1) is 5.82 Å². The molecule has 0 spiro atoms. The average Bonchev–Trinajstić information content (AvgIpc) is 2.38. The summed E-state index contributed by atoms with van der Waals surface area (Å²) in [5.74, 6) is 0.953. The highest BCUT2D eigenvalue weighted by atomic mass is 79.9. The van der Waals surface area contributed by atoms with Gasteiger partial charge in [0.15, 0.2) is 0 Å². The highest BCUT2D eigenvalue weighted by Gasteiger charge is 2.05. The van der Waals surface area contributed by atoms with Crippen molar-refractivity contribution in [1.82, 2.24) is 0 Å². The van der Waals surface area contributed by atoms with E-state index in [4.69, 9.17) is 15.2 Å². The topological polar surface area (TPSA) is 44.5 Å². The monoisotopic (exact) mass is 325 g/mol. The second kappa shape index (κ2) is 5.93.